The predicted molar refractivity (Wildman–Crippen MR) is 115 cm³/mol. The van der Waals surface area contributed by atoms with E-state index >= 15 is 0 Å². The van der Waals surface area contributed by atoms with Gasteiger partial charge in [0.15, 0.2) is 6.29 Å². The van der Waals surface area contributed by atoms with E-state index in [1.807, 2.05) is 24.3 Å². The van der Waals surface area contributed by atoms with Gasteiger partial charge in [-0.15, -0.1) is 0 Å². The number of aliphatic hydroxyl groups excluding tert-OH is 4. The number of H-pyrrole nitrogens is 1. The summed E-state index contributed by atoms with van der Waals surface area (Å²) in [4.78, 5) is 28.3. The fourth-order valence-electron chi connectivity index (χ4n) is 3.50. The fraction of sp³-hybridized carbons (Fsp3) is 0.545. The van der Waals surface area contributed by atoms with Gasteiger partial charge in [0.25, 0.3) is 0 Å². The predicted octanol–water partition coefficient (Wildman–Crippen LogP) is -0.0532. The van der Waals surface area contributed by atoms with Gasteiger partial charge >= 0.3 is 12.1 Å². The Morgan fingerprint density at radius 2 is 1.82 bits per heavy atom. The topological polar surface area (TPSA) is 171 Å². The van der Waals surface area contributed by atoms with Gasteiger partial charge in [0, 0.05) is 23.5 Å². The Hall–Kier alpha value is -2.70. The van der Waals surface area contributed by atoms with E-state index in [2.05, 4.69) is 10.3 Å². The van der Waals surface area contributed by atoms with Crippen molar-refractivity contribution >= 4 is 23.0 Å². The zero-order chi connectivity index (χ0) is 24.3. The largest absolute Gasteiger partial charge is 0.461 e. The van der Waals surface area contributed by atoms with Gasteiger partial charge in [0.1, 0.15) is 42.7 Å². The van der Waals surface area contributed by atoms with E-state index in [0.29, 0.717) is 0 Å². The number of nitrogens with one attached hydrogen (secondary N) is 2. The summed E-state index contributed by atoms with van der Waals surface area (Å²) in [6, 6.07) is 6.32. The molecule has 6 atom stereocenters. The maximum Gasteiger partial charge on any atom is 0.408 e. The minimum absolute atomic E-state index is 0.0835. The summed E-state index contributed by atoms with van der Waals surface area (Å²) in [5.41, 5.74) is 0.829. The summed E-state index contributed by atoms with van der Waals surface area (Å²) in [5, 5.41) is 42.4. The summed E-state index contributed by atoms with van der Waals surface area (Å²) in [6.07, 6.45) is -7.01. The summed E-state index contributed by atoms with van der Waals surface area (Å²) in [5.74, 6) is -0.836. The third-order valence-electron chi connectivity index (χ3n) is 5.15. The highest BCUT2D eigenvalue weighted by molar-refractivity contribution is 5.86. The van der Waals surface area contributed by atoms with Crippen LogP contribution < -0.4 is 5.32 Å². The second-order valence-electron chi connectivity index (χ2n) is 8.93. The highest BCUT2D eigenvalue weighted by atomic mass is 16.7. The van der Waals surface area contributed by atoms with Crippen molar-refractivity contribution in [2.45, 2.75) is 69.5 Å². The van der Waals surface area contributed by atoms with E-state index in [1.54, 1.807) is 27.0 Å². The molecule has 1 saturated heterocycles. The lowest BCUT2D eigenvalue weighted by Crippen LogP contribution is -2.59. The van der Waals surface area contributed by atoms with Gasteiger partial charge in [-0.2, -0.15) is 0 Å². The van der Waals surface area contributed by atoms with Gasteiger partial charge in [0.2, 0.25) is 0 Å². The molecule has 0 saturated carbocycles. The van der Waals surface area contributed by atoms with E-state index in [4.69, 9.17) is 14.2 Å². The van der Waals surface area contributed by atoms with Gasteiger partial charge in [0.05, 0.1) is 0 Å². The first-order valence-corrected chi connectivity index (χ1v) is 10.5. The number of carbonyl (C=O) groups excluding carboxylic acids is 2. The fourth-order valence-corrected chi connectivity index (χ4v) is 3.50. The summed E-state index contributed by atoms with van der Waals surface area (Å²) >= 11 is 0. The lowest BCUT2D eigenvalue weighted by Gasteiger charge is -2.38. The van der Waals surface area contributed by atoms with Crippen molar-refractivity contribution in [3.05, 3.63) is 36.0 Å². The monoisotopic (exact) mass is 466 g/mol. The Labute approximate surface area is 190 Å². The van der Waals surface area contributed by atoms with Crippen molar-refractivity contribution < 1.29 is 44.2 Å². The molecule has 1 amide bonds. The molecule has 3 rings (SSSR count). The Kier molecular flexibility index (Phi) is 7.60. The van der Waals surface area contributed by atoms with Crippen LogP contribution in [-0.2, 0) is 25.4 Å². The molecule has 0 radical (unpaired) electrons. The Balaban J connectivity index is 1.72. The van der Waals surface area contributed by atoms with Crippen molar-refractivity contribution in [3.63, 3.8) is 0 Å². The maximum atomic E-state index is 12.9. The van der Waals surface area contributed by atoms with Gasteiger partial charge < -0.3 is 44.9 Å². The Morgan fingerprint density at radius 1 is 1.12 bits per heavy atom. The highest BCUT2D eigenvalue weighted by Crippen LogP contribution is 2.22. The molecule has 0 spiro atoms. The molecule has 33 heavy (non-hydrogen) atoms. The molecule has 6 N–H and O–H groups in total. The quantitative estimate of drug-likeness (QED) is 0.319. The number of para-hydroxylation sites is 1. The maximum absolute atomic E-state index is 12.9. The van der Waals surface area contributed by atoms with E-state index in [0.717, 1.165) is 16.5 Å². The minimum Gasteiger partial charge on any atom is -0.461 e. The van der Waals surface area contributed by atoms with E-state index < -0.39 is 61.0 Å². The number of benzene rings is 1. The Bertz CT molecular complexity index is 970. The van der Waals surface area contributed by atoms with Crippen LogP contribution in [0, 0.1) is 0 Å². The number of hydrogen-bond donors (Lipinski definition) is 6. The van der Waals surface area contributed by atoms with Crippen LogP contribution in [0.3, 0.4) is 0 Å². The van der Waals surface area contributed by atoms with Gasteiger partial charge in [-0.05, 0) is 32.4 Å². The molecule has 2 aromatic rings. The van der Waals surface area contributed by atoms with Gasteiger partial charge in [-0.3, -0.25) is 0 Å². The smallest absolute Gasteiger partial charge is 0.408 e. The number of fused-ring (bicyclic) bond motifs is 1. The first-order chi connectivity index (χ1) is 15.5. The second-order valence-corrected chi connectivity index (χ2v) is 8.93. The zero-order valence-electron chi connectivity index (χ0n) is 18.6. The number of aromatic amines is 1. The average molecular weight is 466 g/mol. The average Bonchev–Trinajstić information content (AvgIpc) is 3.14. The number of alkyl carbamates (subject to hydrolysis) is 1. The molecular weight excluding hydrogens is 436 g/mol. The number of carbonyl (C=O) groups is 2. The molecule has 11 heteroatoms. The van der Waals surface area contributed by atoms with Crippen LogP contribution >= 0.6 is 0 Å². The molecule has 0 unspecified atom stereocenters. The van der Waals surface area contributed by atoms with Crippen LogP contribution in [0.15, 0.2) is 30.5 Å². The third-order valence-corrected chi connectivity index (χ3v) is 5.15. The van der Waals surface area contributed by atoms with E-state index in [-0.39, 0.29) is 6.42 Å². The van der Waals surface area contributed by atoms with E-state index in [9.17, 15) is 30.0 Å². The number of hydrogen-bond acceptors (Lipinski definition) is 9. The molecule has 11 nitrogen and oxygen atoms in total. The molecule has 2 heterocycles. The number of ether oxygens (including phenoxy) is 3. The number of aliphatic hydroxyl groups is 4. The molecule has 1 aromatic heterocycles. The SMILES string of the molecule is CC(C)(C)OC(=O)N[C@H](Cc1c[nH]c2ccccc12)C(=O)OC[C@@H]1O[C@@H](O)[C@H](O)[C@H](O)[C@@H]1O. The van der Waals surface area contributed by atoms with Crippen LogP contribution in [0.25, 0.3) is 10.9 Å². The normalized spacial score (nSPS) is 26.6. The molecule has 182 valence electrons. The van der Waals surface area contributed by atoms with Crippen molar-refractivity contribution in [2.75, 3.05) is 6.61 Å². The molecule has 1 aliphatic rings. The van der Waals surface area contributed by atoms with Crippen LogP contribution in [-0.4, -0.2) is 86.4 Å². The third kappa shape index (κ3) is 6.21. The lowest BCUT2D eigenvalue weighted by molar-refractivity contribution is -0.287. The molecule has 1 aromatic carbocycles. The first kappa shape index (κ1) is 24.9. The Morgan fingerprint density at radius 3 is 2.52 bits per heavy atom. The van der Waals surface area contributed by atoms with Gasteiger partial charge in [-0.25, -0.2) is 9.59 Å². The number of esters is 1. The number of aromatic nitrogens is 1. The number of amides is 1. The minimum atomic E-state index is -1.76. The summed E-state index contributed by atoms with van der Waals surface area (Å²) in [7, 11) is 0. The zero-order valence-corrected chi connectivity index (χ0v) is 18.6. The highest BCUT2D eigenvalue weighted by Gasteiger charge is 2.43. The molecule has 1 aliphatic heterocycles. The van der Waals surface area contributed by atoms with Crippen LogP contribution in [0.4, 0.5) is 4.79 Å². The standard InChI is InChI=1S/C22H30N2O9/c1-22(2,3)33-21(30)24-14(8-11-9-23-13-7-5-4-6-12(11)13)19(28)31-10-15-16(25)17(26)18(27)20(29)32-15/h4-7,9,14-18,20,23,25-27,29H,8,10H2,1-3H3,(H,24,30)/t14-,15+,16-,17-,18-,20-/m1/s1. The first-order valence-electron chi connectivity index (χ1n) is 10.5. The van der Waals surface area contributed by atoms with Crippen LogP contribution in [0.2, 0.25) is 0 Å². The summed E-state index contributed by atoms with van der Waals surface area (Å²) in [6.45, 7) is 4.53. The molecule has 0 aliphatic carbocycles. The van der Waals surface area contributed by atoms with Gasteiger partial charge in [-0.1, -0.05) is 18.2 Å². The summed E-state index contributed by atoms with van der Waals surface area (Å²) < 4.78 is 15.5. The van der Waals surface area contributed by atoms with Crippen LogP contribution in [0.1, 0.15) is 26.3 Å². The van der Waals surface area contributed by atoms with E-state index in [1.165, 1.54) is 0 Å². The molecule has 0 bridgehead atoms. The van der Waals surface area contributed by atoms with Crippen molar-refractivity contribution in [1.29, 1.82) is 0 Å². The second kappa shape index (κ2) is 10.1. The van der Waals surface area contributed by atoms with Crippen LogP contribution in [0.5, 0.6) is 0 Å². The van der Waals surface area contributed by atoms with Crippen molar-refractivity contribution in [2.24, 2.45) is 0 Å². The molecule has 1 fully saturated rings. The lowest BCUT2D eigenvalue weighted by atomic mass is 9.99. The number of rotatable bonds is 6. The molecular formula is C22H30N2O9. The van der Waals surface area contributed by atoms with Crippen molar-refractivity contribution in [1.82, 2.24) is 10.3 Å². The van der Waals surface area contributed by atoms with Crippen molar-refractivity contribution in [3.8, 4) is 0 Å².